The lowest BCUT2D eigenvalue weighted by molar-refractivity contribution is -0.125. The van der Waals surface area contributed by atoms with Gasteiger partial charge in [-0.1, -0.05) is 38.2 Å². The van der Waals surface area contributed by atoms with Crippen molar-refractivity contribution in [1.29, 1.82) is 0 Å². The Hall–Kier alpha value is -2.18. The van der Waals surface area contributed by atoms with E-state index in [-0.39, 0.29) is 12.2 Å². The number of carbonyl (C=O) groups excluding carboxylic acids is 2. The number of primary amides is 1. The number of carbonyl (C=O) groups is 2. The molecule has 1 aromatic rings. The van der Waals surface area contributed by atoms with Crippen LogP contribution >= 0.6 is 0 Å². The van der Waals surface area contributed by atoms with Gasteiger partial charge in [-0.05, 0) is 24.5 Å². The Morgan fingerprint density at radius 3 is 2.44 bits per heavy atom. The first kappa shape index (κ1) is 19.1. The fourth-order valence-electron chi connectivity index (χ4n) is 3.02. The standard InChI is InChI=1S/C18H24F2N3O2/c19-13-7-4-8-14(20)17(13)22-11-15(18(21)25)23-16(24)10-9-12-5-2-1-3-6-12/h4,7-8,10,12,15,22H,1-3,5-6,9,11H2,(H2,21,25)(H,23,24)/t15-/m0/s1. The minimum Gasteiger partial charge on any atom is -0.378 e. The Balaban J connectivity index is 1.83. The molecule has 1 aliphatic rings. The van der Waals surface area contributed by atoms with E-state index < -0.39 is 29.5 Å². The van der Waals surface area contributed by atoms with Crippen LogP contribution in [0.15, 0.2) is 18.2 Å². The predicted octanol–water partition coefficient (Wildman–Crippen LogP) is 2.52. The molecule has 7 heteroatoms. The average Bonchev–Trinajstić information content (AvgIpc) is 2.59. The van der Waals surface area contributed by atoms with Crippen molar-refractivity contribution < 1.29 is 18.4 Å². The fraction of sp³-hybridized carbons (Fsp3) is 0.500. The summed E-state index contributed by atoms with van der Waals surface area (Å²) in [5.74, 6) is -2.23. The lowest BCUT2D eigenvalue weighted by Gasteiger charge is -2.22. The molecule has 5 nitrogen and oxygen atoms in total. The third kappa shape index (κ3) is 5.99. The third-order valence-corrected chi connectivity index (χ3v) is 4.47. The Kier molecular flexibility index (Phi) is 7.16. The molecular weight excluding hydrogens is 328 g/mol. The highest BCUT2D eigenvalue weighted by atomic mass is 19.1. The first-order valence-corrected chi connectivity index (χ1v) is 8.58. The monoisotopic (exact) mass is 352 g/mol. The van der Waals surface area contributed by atoms with Crippen LogP contribution in [-0.4, -0.2) is 24.4 Å². The van der Waals surface area contributed by atoms with Crippen LogP contribution in [0.1, 0.15) is 38.5 Å². The number of hydrogen-bond donors (Lipinski definition) is 3. The summed E-state index contributed by atoms with van der Waals surface area (Å²) in [5, 5.41) is 4.98. The highest BCUT2D eigenvalue weighted by Gasteiger charge is 2.21. The number of hydrogen-bond acceptors (Lipinski definition) is 3. The lowest BCUT2D eigenvalue weighted by Crippen LogP contribution is -2.48. The normalized spacial score (nSPS) is 16.2. The number of para-hydroxylation sites is 1. The second kappa shape index (κ2) is 9.34. The van der Waals surface area contributed by atoms with E-state index in [1.54, 1.807) is 0 Å². The summed E-state index contributed by atoms with van der Waals surface area (Å²) >= 11 is 0. The van der Waals surface area contributed by atoms with Gasteiger partial charge in [0.25, 0.3) is 0 Å². The number of nitrogens with two attached hydrogens (primary N) is 1. The van der Waals surface area contributed by atoms with Crippen molar-refractivity contribution in [2.45, 2.75) is 44.6 Å². The molecule has 0 spiro atoms. The van der Waals surface area contributed by atoms with Crippen LogP contribution in [-0.2, 0) is 9.59 Å². The quantitative estimate of drug-likeness (QED) is 0.672. The second-order valence-electron chi connectivity index (χ2n) is 6.38. The first-order valence-electron chi connectivity index (χ1n) is 8.58. The van der Waals surface area contributed by atoms with Crippen LogP contribution in [0.4, 0.5) is 14.5 Å². The zero-order chi connectivity index (χ0) is 18.2. The number of halogens is 2. The van der Waals surface area contributed by atoms with Crippen LogP contribution in [0, 0.1) is 24.0 Å². The van der Waals surface area contributed by atoms with Crippen molar-refractivity contribution in [1.82, 2.24) is 5.32 Å². The molecule has 4 N–H and O–H groups in total. The van der Waals surface area contributed by atoms with Crippen molar-refractivity contribution in [3.8, 4) is 0 Å². The van der Waals surface area contributed by atoms with Gasteiger partial charge in [0.1, 0.15) is 23.4 Å². The summed E-state index contributed by atoms with van der Waals surface area (Å²) in [4.78, 5) is 23.5. The van der Waals surface area contributed by atoms with Gasteiger partial charge >= 0.3 is 0 Å². The Bertz CT molecular complexity index is 584. The number of nitrogens with one attached hydrogen (secondary N) is 2. The molecule has 1 fully saturated rings. The first-order chi connectivity index (χ1) is 12.0. The summed E-state index contributed by atoms with van der Waals surface area (Å²) in [6.07, 6.45) is 8.01. The molecule has 25 heavy (non-hydrogen) atoms. The Morgan fingerprint density at radius 2 is 1.84 bits per heavy atom. The van der Waals surface area contributed by atoms with Crippen molar-refractivity contribution in [2.24, 2.45) is 11.7 Å². The summed E-state index contributed by atoms with van der Waals surface area (Å²) in [6.45, 7) is -0.198. The molecule has 0 unspecified atom stereocenters. The number of anilines is 1. The zero-order valence-electron chi connectivity index (χ0n) is 14.1. The van der Waals surface area contributed by atoms with E-state index >= 15 is 0 Å². The van der Waals surface area contributed by atoms with Gasteiger partial charge in [0.15, 0.2) is 0 Å². The maximum Gasteiger partial charge on any atom is 0.241 e. The van der Waals surface area contributed by atoms with Crippen LogP contribution in [0.2, 0.25) is 0 Å². The van der Waals surface area contributed by atoms with Gasteiger partial charge in [0, 0.05) is 13.0 Å². The molecule has 137 valence electrons. The van der Waals surface area contributed by atoms with E-state index in [1.165, 1.54) is 31.7 Å². The summed E-state index contributed by atoms with van der Waals surface area (Å²) in [7, 11) is 0. The summed E-state index contributed by atoms with van der Waals surface area (Å²) < 4.78 is 27.2. The van der Waals surface area contributed by atoms with Crippen molar-refractivity contribution >= 4 is 17.5 Å². The van der Waals surface area contributed by atoms with Gasteiger partial charge in [-0.15, -0.1) is 0 Å². The topological polar surface area (TPSA) is 84.2 Å². The van der Waals surface area contributed by atoms with Crippen molar-refractivity contribution in [2.75, 3.05) is 11.9 Å². The second-order valence-corrected chi connectivity index (χ2v) is 6.38. The molecule has 1 aromatic carbocycles. The van der Waals surface area contributed by atoms with E-state index in [0.717, 1.165) is 25.0 Å². The number of rotatable bonds is 8. The van der Waals surface area contributed by atoms with Crippen LogP contribution in [0.5, 0.6) is 0 Å². The Morgan fingerprint density at radius 1 is 1.20 bits per heavy atom. The van der Waals surface area contributed by atoms with Gasteiger partial charge in [0.2, 0.25) is 11.8 Å². The molecular formula is C18H24F2N3O2. The van der Waals surface area contributed by atoms with E-state index in [1.807, 2.05) is 0 Å². The maximum atomic E-state index is 13.6. The molecule has 0 aliphatic heterocycles. The van der Waals surface area contributed by atoms with Crippen LogP contribution < -0.4 is 16.4 Å². The van der Waals surface area contributed by atoms with E-state index in [4.69, 9.17) is 5.73 Å². The van der Waals surface area contributed by atoms with Crippen molar-refractivity contribution in [3.05, 3.63) is 36.3 Å². The van der Waals surface area contributed by atoms with Crippen LogP contribution in [0.25, 0.3) is 0 Å². The molecule has 0 aromatic heterocycles. The molecule has 1 atom stereocenters. The highest BCUT2D eigenvalue weighted by molar-refractivity contribution is 5.90. The largest absolute Gasteiger partial charge is 0.378 e. The van der Waals surface area contributed by atoms with Crippen LogP contribution in [0.3, 0.4) is 0 Å². The molecule has 1 saturated carbocycles. The fourth-order valence-corrected chi connectivity index (χ4v) is 3.02. The van der Waals surface area contributed by atoms with Crippen molar-refractivity contribution in [3.63, 3.8) is 0 Å². The maximum absolute atomic E-state index is 13.6. The third-order valence-electron chi connectivity index (χ3n) is 4.47. The zero-order valence-corrected chi connectivity index (χ0v) is 14.1. The summed E-state index contributed by atoms with van der Waals surface area (Å²) in [6, 6.07) is 2.38. The van der Waals surface area contributed by atoms with Gasteiger partial charge in [-0.3, -0.25) is 9.59 Å². The van der Waals surface area contributed by atoms with Gasteiger partial charge in [-0.2, -0.15) is 0 Å². The average molecular weight is 352 g/mol. The highest BCUT2D eigenvalue weighted by Crippen LogP contribution is 2.26. The molecule has 1 radical (unpaired) electrons. The lowest BCUT2D eigenvalue weighted by atomic mass is 9.86. The predicted molar refractivity (Wildman–Crippen MR) is 91.5 cm³/mol. The molecule has 0 bridgehead atoms. The van der Waals surface area contributed by atoms with E-state index in [2.05, 4.69) is 10.6 Å². The van der Waals surface area contributed by atoms with Gasteiger partial charge in [-0.25, -0.2) is 8.78 Å². The molecule has 2 rings (SSSR count). The van der Waals surface area contributed by atoms with E-state index in [9.17, 15) is 18.4 Å². The molecule has 0 heterocycles. The molecule has 2 amide bonds. The summed E-state index contributed by atoms with van der Waals surface area (Å²) in [5.41, 5.74) is 4.92. The minimum absolute atomic E-state index is 0.198. The number of benzene rings is 1. The van der Waals surface area contributed by atoms with Gasteiger partial charge < -0.3 is 16.4 Å². The van der Waals surface area contributed by atoms with Gasteiger partial charge in [0.05, 0.1) is 0 Å². The van der Waals surface area contributed by atoms with E-state index in [0.29, 0.717) is 12.3 Å². The molecule has 1 aliphatic carbocycles. The Labute approximate surface area is 146 Å². The molecule has 0 saturated heterocycles. The minimum atomic E-state index is -1.06. The smallest absolute Gasteiger partial charge is 0.241 e. The number of amides is 2. The SMILES string of the molecule is NC(=O)[C@H](CNc1c(F)cccc1F)NC(=O)[CH]CC1CCCCC1.